The van der Waals surface area contributed by atoms with E-state index in [0.29, 0.717) is 47.5 Å². The molecule has 0 N–H and O–H groups in total. The van der Waals surface area contributed by atoms with Crippen LogP contribution in [0.5, 0.6) is 11.5 Å². The molecule has 0 aliphatic carbocycles. The SMILES string of the molecule is CCn1cc(C(=O)N2CCN(c3cccc(C)c3)C(C)C2)c2cc(OC)c(OC)cc2c1=O. The number of hydrogen-bond acceptors (Lipinski definition) is 5. The first-order chi connectivity index (χ1) is 15.9. The second-order valence-corrected chi connectivity index (χ2v) is 8.52. The van der Waals surface area contributed by atoms with Crippen molar-refractivity contribution in [1.82, 2.24) is 9.47 Å². The number of benzene rings is 2. The van der Waals surface area contributed by atoms with E-state index in [4.69, 9.17) is 9.47 Å². The topological polar surface area (TPSA) is 64.0 Å². The molecule has 0 bridgehead atoms. The van der Waals surface area contributed by atoms with Crippen LogP contribution in [0.1, 0.15) is 29.8 Å². The van der Waals surface area contributed by atoms with Crippen molar-refractivity contribution in [3.8, 4) is 11.5 Å². The van der Waals surface area contributed by atoms with Crippen LogP contribution in [0.4, 0.5) is 5.69 Å². The maximum atomic E-state index is 13.7. The van der Waals surface area contributed by atoms with Crippen LogP contribution < -0.4 is 19.9 Å². The molecule has 0 saturated carbocycles. The summed E-state index contributed by atoms with van der Waals surface area (Å²) in [5, 5.41) is 1.04. The Balaban J connectivity index is 1.71. The number of aryl methyl sites for hydroxylation is 2. The van der Waals surface area contributed by atoms with Crippen LogP contribution in [0.15, 0.2) is 47.4 Å². The fourth-order valence-electron chi connectivity index (χ4n) is 4.63. The average molecular weight is 450 g/mol. The maximum absolute atomic E-state index is 13.7. The Morgan fingerprint density at radius 1 is 1.06 bits per heavy atom. The van der Waals surface area contributed by atoms with Crippen molar-refractivity contribution in [2.24, 2.45) is 0 Å². The number of rotatable bonds is 5. The van der Waals surface area contributed by atoms with Crippen molar-refractivity contribution < 1.29 is 14.3 Å². The van der Waals surface area contributed by atoms with Gasteiger partial charge < -0.3 is 23.8 Å². The number of nitrogens with zero attached hydrogens (tertiary/aromatic N) is 3. The first kappa shape index (κ1) is 22.7. The van der Waals surface area contributed by atoms with Gasteiger partial charge in [0.05, 0.1) is 25.2 Å². The minimum Gasteiger partial charge on any atom is -0.493 e. The number of ether oxygens (including phenoxy) is 2. The maximum Gasteiger partial charge on any atom is 0.258 e. The van der Waals surface area contributed by atoms with Gasteiger partial charge in [-0.25, -0.2) is 0 Å². The van der Waals surface area contributed by atoms with Gasteiger partial charge in [0.1, 0.15) is 0 Å². The molecule has 2 heterocycles. The van der Waals surface area contributed by atoms with Gasteiger partial charge in [-0.3, -0.25) is 9.59 Å². The summed E-state index contributed by atoms with van der Waals surface area (Å²) >= 11 is 0. The van der Waals surface area contributed by atoms with Crippen molar-refractivity contribution in [1.29, 1.82) is 0 Å². The largest absolute Gasteiger partial charge is 0.493 e. The summed E-state index contributed by atoms with van der Waals surface area (Å²) in [6.07, 6.45) is 1.68. The molecule has 4 rings (SSSR count). The molecule has 1 atom stereocenters. The normalized spacial score (nSPS) is 16.2. The quantitative estimate of drug-likeness (QED) is 0.594. The molecule has 1 amide bonds. The zero-order valence-electron chi connectivity index (χ0n) is 19.9. The molecule has 1 aliphatic heterocycles. The summed E-state index contributed by atoms with van der Waals surface area (Å²) in [6, 6.07) is 12.0. The van der Waals surface area contributed by atoms with E-state index in [1.807, 2.05) is 11.8 Å². The summed E-state index contributed by atoms with van der Waals surface area (Å²) in [6.45, 7) is 8.56. The number of anilines is 1. The van der Waals surface area contributed by atoms with Gasteiger partial charge in [0.2, 0.25) is 0 Å². The van der Waals surface area contributed by atoms with Gasteiger partial charge in [-0.05, 0) is 50.6 Å². The van der Waals surface area contributed by atoms with Gasteiger partial charge in [-0.15, -0.1) is 0 Å². The van der Waals surface area contributed by atoms with Crippen molar-refractivity contribution in [2.45, 2.75) is 33.4 Å². The van der Waals surface area contributed by atoms with E-state index in [-0.39, 0.29) is 17.5 Å². The second-order valence-electron chi connectivity index (χ2n) is 8.52. The Morgan fingerprint density at radius 3 is 2.36 bits per heavy atom. The lowest BCUT2D eigenvalue weighted by Crippen LogP contribution is -2.54. The van der Waals surface area contributed by atoms with Crippen molar-refractivity contribution in [2.75, 3.05) is 38.8 Å². The van der Waals surface area contributed by atoms with Gasteiger partial charge in [0.25, 0.3) is 11.5 Å². The third-order valence-corrected chi connectivity index (χ3v) is 6.41. The fourth-order valence-corrected chi connectivity index (χ4v) is 4.63. The average Bonchev–Trinajstić information content (AvgIpc) is 2.83. The zero-order valence-corrected chi connectivity index (χ0v) is 19.9. The molecule has 0 spiro atoms. The van der Waals surface area contributed by atoms with Crippen LogP contribution in [-0.2, 0) is 6.54 Å². The predicted octanol–water partition coefficient (Wildman–Crippen LogP) is 3.70. The Hall–Kier alpha value is -3.48. The highest BCUT2D eigenvalue weighted by Crippen LogP contribution is 2.33. The number of fused-ring (bicyclic) bond motifs is 1. The number of hydrogen-bond donors (Lipinski definition) is 0. The van der Waals surface area contributed by atoms with Crippen LogP contribution in [0.3, 0.4) is 0 Å². The van der Waals surface area contributed by atoms with Gasteiger partial charge in [-0.1, -0.05) is 12.1 Å². The van der Waals surface area contributed by atoms with Crippen LogP contribution in [0, 0.1) is 6.92 Å². The molecule has 3 aromatic rings. The first-order valence-electron chi connectivity index (χ1n) is 11.3. The minimum absolute atomic E-state index is 0.0786. The summed E-state index contributed by atoms with van der Waals surface area (Å²) in [4.78, 5) is 30.9. The summed E-state index contributed by atoms with van der Waals surface area (Å²) in [5.41, 5.74) is 2.75. The summed E-state index contributed by atoms with van der Waals surface area (Å²) in [5.74, 6) is 0.880. The van der Waals surface area contributed by atoms with Crippen LogP contribution in [0.2, 0.25) is 0 Å². The van der Waals surface area contributed by atoms with Gasteiger partial charge in [-0.2, -0.15) is 0 Å². The molecule has 1 unspecified atom stereocenters. The Morgan fingerprint density at radius 2 is 1.76 bits per heavy atom. The summed E-state index contributed by atoms with van der Waals surface area (Å²) < 4.78 is 12.4. The molecule has 1 aliphatic rings. The highest BCUT2D eigenvalue weighted by Gasteiger charge is 2.29. The molecule has 2 aromatic carbocycles. The Labute approximate surface area is 194 Å². The molecule has 7 heteroatoms. The molecule has 1 fully saturated rings. The van der Waals surface area contributed by atoms with E-state index >= 15 is 0 Å². The molecular weight excluding hydrogens is 418 g/mol. The molecule has 0 radical (unpaired) electrons. The molecular formula is C26H31N3O4. The standard InChI is InChI=1S/C26H31N3O4/c1-6-27-16-22(20-13-23(32-4)24(33-5)14-21(20)25(27)30)26(31)28-10-11-29(18(3)15-28)19-9-7-8-17(2)12-19/h7-9,12-14,16,18H,6,10-11,15H2,1-5H3. The molecule has 1 aromatic heterocycles. The lowest BCUT2D eigenvalue weighted by atomic mass is 10.0. The molecule has 33 heavy (non-hydrogen) atoms. The number of pyridine rings is 1. The Kier molecular flexibility index (Phi) is 6.31. The Bertz CT molecular complexity index is 1250. The third kappa shape index (κ3) is 4.15. The zero-order chi connectivity index (χ0) is 23.7. The second kappa shape index (κ2) is 9.17. The third-order valence-electron chi connectivity index (χ3n) is 6.41. The van der Waals surface area contributed by atoms with Crippen molar-refractivity contribution in [3.05, 3.63) is 64.1 Å². The lowest BCUT2D eigenvalue weighted by molar-refractivity contribution is 0.0727. The van der Waals surface area contributed by atoms with E-state index in [1.54, 1.807) is 30.0 Å². The van der Waals surface area contributed by atoms with E-state index < -0.39 is 0 Å². The van der Waals surface area contributed by atoms with Gasteiger partial charge >= 0.3 is 0 Å². The molecule has 7 nitrogen and oxygen atoms in total. The van der Waals surface area contributed by atoms with Crippen LogP contribution >= 0.6 is 0 Å². The number of amides is 1. The summed E-state index contributed by atoms with van der Waals surface area (Å²) in [7, 11) is 3.08. The number of methoxy groups -OCH3 is 2. The van der Waals surface area contributed by atoms with Gasteiger partial charge in [0, 0.05) is 49.5 Å². The monoisotopic (exact) mass is 449 g/mol. The van der Waals surface area contributed by atoms with Crippen LogP contribution in [-0.4, -0.2) is 55.3 Å². The molecule has 1 saturated heterocycles. The highest BCUT2D eigenvalue weighted by atomic mass is 16.5. The van der Waals surface area contributed by atoms with E-state index in [0.717, 1.165) is 6.54 Å². The van der Waals surface area contributed by atoms with E-state index in [1.165, 1.54) is 18.4 Å². The highest BCUT2D eigenvalue weighted by molar-refractivity contribution is 6.07. The van der Waals surface area contributed by atoms with E-state index in [9.17, 15) is 9.59 Å². The predicted molar refractivity (Wildman–Crippen MR) is 131 cm³/mol. The van der Waals surface area contributed by atoms with Crippen LogP contribution in [0.25, 0.3) is 10.8 Å². The number of carbonyl (C=O) groups is 1. The van der Waals surface area contributed by atoms with Gasteiger partial charge in [0.15, 0.2) is 11.5 Å². The fraction of sp³-hybridized carbons (Fsp3) is 0.385. The lowest BCUT2D eigenvalue weighted by Gasteiger charge is -2.41. The number of aromatic nitrogens is 1. The smallest absolute Gasteiger partial charge is 0.258 e. The minimum atomic E-state index is -0.150. The number of carbonyl (C=O) groups excluding carboxylic acids is 1. The van der Waals surface area contributed by atoms with Crippen molar-refractivity contribution in [3.63, 3.8) is 0 Å². The number of piperazine rings is 1. The van der Waals surface area contributed by atoms with Crippen molar-refractivity contribution >= 4 is 22.4 Å². The van der Waals surface area contributed by atoms with E-state index in [2.05, 4.69) is 43.0 Å². The molecule has 174 valence electrons. The first-order valence-corrected chi connectivity index (χ1v) is 11.3.